The van der Waals surface area contributed by atoms with Gasteiger partial charge in [-0.1, -0.05) is 90.0 Å². The number of amides is 1. The summed E-state index contributed by atoms with van der Waals surface area (Å²) in [6.45, 7) is 5.67. The lowest BCUT2D eigenvalue weighted by atomic mass is 9.84. The quantitative estimate of drug-likeness (QED) is 0.524. The summed E-state index contributed by atoms with van der Waals surface area (Å²) >= 11 is 0. The van der Waals surface area contributed by atoms with E-state index in [4.69, 9.17) is 0 Å². The second kappa shape index (κ2) is 8.19. The van der Waals surface area contributed by atoms with Crippen molar-refractivity contribution < 1.29 is 9.90 Å². The Labute approximate surface area is 165 Å². The summed E-state index contributed by atoms with van der Waals surface area (Å²) in [6.07, 6.45) is 0. The van der Waals surface area contributed by atoms with Crippen LogP contribution in [0.25, 0.3) is 0 Å². The number of rotatable bonds is 5. The zero-order valence-corrected chi connectivity index (χ0v) is 16.3. The molecule has 142 valence electrons. The van der Waals surface area contributed by atoms with Crippen molar-refractivity contribution >= 4 is 11.6 Å². The number of nitrogens with one attached hydrogen (secondary N) is 1. The van der Waals surface area contributed by atoms with E-state index in [0.29, 0.717) is 16.8 Å². The van der Waals surface area contributed by atoms with Gasteiger partial charge in [-0.25, -0.2) is 5.43 Å². The predicted molar refractivity (Wildman–Crippen MR) is 112 cm³/mol. The Hall–Kier alpha value is -3.24. The monoisotopic (exact) mass is 372 g/mol. The van der Waals surface area contributed by atoms with Gasteiger partial charge in [-0.2, -0.15) is 5.10 Å². The topological polar surface area (TPSA) is 61.7 Å². The van der Waals surface area contributed by atoms with Crippen molar-refractivity contribution in [3.05, 3.63) is 107 Å². The molecule has 0 aliphatic carbocycles. The fourth-order valence-electron chi connectivity index (χ4n) is 3.13. The standard InChI is InChI=1S/C24H24N2O2/c1-17-9-7-13-21(15-17)24(28,22-14-8-10-18(2)16-22)23(27)26-25-19(3)20-11-5-4-6-12-20/h4-16,28H,1-3H3,(H,26,27). The third-order valence-corrected chi connectivity index (χ3v) is 4.72. The highest BCUT2D eigenvalue weighted by Gasteiger charge is 2.40. The van der Waals surface area contributed by atoms with Gasteiger partial charge in [0, 0.05) is 0 Å². The van der Waals surface area contributed by atoms with E-state index in [1.54, 1.807) is 12.1 Å². The van der Waals surface area contributed by atoms with E-state index >= 15 is 0 Å². The minimum Gasteiger partial charge on any atom is -0.372 e. The molecule has 4 nitrogen and oxygen atoms in total. The molecule has 0 radical (unpaired) electrons. The first-order valence-corrected chi connectivity index (χ1v) is 9.18. The molecule has 0 aromatic heterocycles. The first-order chi connectivity index (χ1) is 13.4. The van der Waals surface area contributed by atoms with Crippen molar-refractivity contribution in [2.75, 3.05) is 0 Å². The number of nitrogens with zero attached hydrogens (tertiary/aromatic N) is 1. The fourth-order valence-corrected chi connectivity index (χ4v) is 3.13. The summed E-state index contributed by atoms with van der Waals surface area (Å²) in [4.78, 5) is 13.2. The van der Waals surface area contributed by atoms with Gasteiger partial charge in [0.15, 0.2) is 5.60 Å². The molecule has 0 saturated heterocycles. The highest BCUT2D eigenvalue weighted by Crippen LogP contribution is 2.31. The van der Waals surface area contributed by atoms with Gasteiger partial charge >= 0.3 is 0 Å². The molecule has 0 aliphatic heterocycles. The molecule has 0 bridgehead atoms. The Kier molecular flexibility index (Phi) is 5.71. The summed E-state index contributed by atoms with van der Waals surface area (Å²) in [6, 6.07) is 24.2. The Morgan fingerprint density at radius 2 is 1.39 bits per heavy atom. The predicted octanol–water partition coefficient (Wildman–Crippen LogP) is 4.08. The van der Waals surface area contributed by atoms with Crippen LogP contribution in [0.15, 0.2) is 84.0 Å². The van der Waals surface area contributed by atoms with Crippen LogP contribution in [0.3, 0.4) is 0 Å². The molecule has 3 aromatic carbocycles. The Morgan fingerprint density at radius 1 is 0.857 bits per heavy atom. The van der Waals surface area contributed by atoms with E-state index in [2.05, 4.69) is 10.5 Å². The van der Waals surface area contributed by atoms with Crippen molar-refractivity contribution in [1.29, 1.82) is 0 Å². The van der Waals surface area contributed by atoms with Gasteiger partial charge in [-0.15, -0.1) is 0 Å². The van der Waals surface area contributed by atoms with Crippen molar-refractivity contribution in [3.8, 4) is 0 Å². The molecule has 1 amide bonds. The second-order valence-corrected chi connectivity index (χ2v) is 6.95. The number of hydrogen-bond donors (Lipinski definition) is 2. The summed E-state index contributed by atoms with van der Waals surface area (Å²) in [5.41, 5.74) is 5.19. The number of carbonyl (C=O) groups is 1. The third kappa shape index (κ3) is 4.02. The lowest BCUT2D eigenvalue weighted by molar-refractivity contribution is -0.136. The highest BCUT2D eigenvalue weighted by atomic mass is 16.3. The minimum atomic E-state index is -1.85. The van der Waals surface area contributed by atoms with Crippen molar-refractivity contribution in [2.45, 2.75) is 26.4 Å². The maximum Gasteiger partial charge on any atom is 0.281 e. The largest absolute Gasteiger partial charge is 0.372 e. The lowest BCUT2D eigenvalue weighted by Gasteiger charge is -2.27. The summed E-state index contributed by atoms with van der Waals surface area (Å²) in [7, 11) is 0. The summed E-state index contributed by atoms with van der Waals surface area (Å²) in [5.74, 6) is -0.598. The highest BCUT2D eigenvalue weighted by molar-refractivity contribution is 6.00. The maximum atomic E-state index is 13.2. The molecular weight excluding hydrogens is 348 g/mol. The Bertz CT molecular complexity index is 964. The first-order valence-electron chi connectivity index (χ1n) is 9.18. The molecular formula is C24H24N2O2. The van der Waals surface area contributed by atoms with E-state index in [0.717, 1.165) is 16.7 Å². The fraction of sp³-hybridized carbons (Fsp3) is 0.167. The first kappa shape index (κ1) is 19.5. The molecule has 28 heavy (non-hydrogen) atoms. The van der Waals surface area contributed by atoms with E-state index in [1.807, 2.05) is 87.5 Å². The zero-order valence-electron chi connectivity index (χ0n) is 16.3. The number of carbonyl (C=O) groups excluding carboxylic acids is 1. The SMILES string of the molecule is CC(=NNC(=O)C(O)(c1cccc(C)c1)c1cccc(C)c1)c1ccccc1. The van der Waals surface area contributed by atoms with Crippen molar-refractivity contribution in [2.24, 2.45) is 5.10 Å². The molecule has 3 aromatic rings. The van der Waals surface area contributed by atoms with E-state index in [1.165, 1.54) is 0 Å². The number of aliphatic hydroxyl groups is 1. The third-order valence-electron chi connectivity index (χ3n) is 4.72. The number of benzene rings is 3. The molecule has 2 N–H and O–H groups in total. The van der Waals surface area contributed by atoms with Crippen LogP contribution in [0, 0.1) is 13.8 Å². The van der Waals surface area contributed by atoms with Crippen LogP contribution >= 0.6 is 0 Å². The average molecular weight is 372 g/mol. The molecule has 0 heterocycles. The molecule has 3 rings (SSSR count). The Morgan fingerprint density at radius 3 is 1.89 bits per heavy atom. The van der Waals surface area contributed by atoms with Gasteiger partial charge in [-0.3, -0.25) is 4.79 Å². The van der Waals surface area contributed by atoms with Crippen LogP contribution in [-0.4, -0.2) is 16.7 Å². The number of hydrogen-bond acceptors (Lipinski definition) is 3. The van der Waals surface area contributed by atoms with Crippen LogP contribution in [-0.2, 0) is 10.4 Å². The zero-order chi connectivity index (χ0) is 20.1. The van der Waals surface area contributed by atoms with Gasteiger partial charge in [-0.05, 0) is 37.5 Å². The molecule has 0 fully saturated rings. The smallest absolute Gasteiger partial charge is 0.281 e. The number of aryl methyl sites for hydroxylation is 2. The molecule has 0 saturated carbocycles. The number of hydrazone groups is 1. The van der Waals surface area contributed by atoms with E-state index in [9.17, 15) is 9.90 Å². The van der Waals surface area contributed by atoms with Crippen LogP contribution in [0.2, 0.25) is 0 Å². The second-order valence-electron chi connectivity index (χ2n) is 6.95. The molecule has 0 atom stereocenters. The normalized spacial score (nSPS) is 11.9. The van der Waals surface area contributed by atoms with E-state index in [-0.39, 0.29) is 0 Å². The molecule has 0 aliphatic rings. The van der Waals surface area contributed by atoms with Crippen molar-refractivity contribution in [3.63, 3.8) is 0 Å². The summed E-state index contributed by atoms with van der Waals surface area (Å²) in [5, 5.41) is 15.8. The maximum absolute atomic E-state index is 13.2. The van der Waals surface area contributed by atoms with Gasteiger partial charge in [0.25, 0.3) is 5.91 Å². The lowest BCUT2D eigenvalue weighted by Crippen LogP contribution is -2.44. The molecule has 0 unspecified atom stereocenters. The Balaban J connectivity index is 2.00. The van der Waals surface area contributed by atoms with Gasteiger partial charge in [0.05, 0.1) is 5.71 Å². The molecule has 0 spiro atoms. The van der Waals surface area contributed by atoms with E-state index < -0.39 is 11.5 Å². The van der Waals surface area contributed by atoms with Gasteiger partial charge in [0.2, 0.25) is 0 Å². The van der Waals surface area contributed by atoms with Gasteiger partial charge < -0.3 is 5.11 Å². The summed E-state index contributed by atoms with van der Waals surface area (Å²) < 4.78 is 0. The molecule has 4 heteroatoms. The van der Waals surface area contributed by atoms with Crippen LogP contribution < -0.4 is 5.43 Å². The van der Waals surface area contributed by atoms with Crippen molar-refractivity contribution in [1.82, 2.24) is 5.43 Å². The van der Waals surface area contributed by atoms with Crippen LogP contribution in [0.1, 0.15) is 34.7 Å². The van der Waals surface area contributed by atoms with Crippen LogP contribution in [0.5, 0.6) is 0 Å². The average Bonchev–Trinajstić information content (AvgIpc) is 2.71. The van der Waals surface area contributed by atoms with Crippen LogP contribution in [0.4, 0.5) is 0 Å². The van der Waals surface area contributed by atoms with Gasteiger partial charge in [0.1, 0.15) is 0 Å². The minimum absolute atomic E-state index is 0.503.